The van der Waals surface area contributed by atoms with Crippen LogP contribution in [0, 0.1) is 0 Å². The summed E-state index contributed by atoms with van der Waals surface area (Å²) in [5.74, 6) is 0. The van der Waals surface area contributed by atoms with Crippen LogP contribution in [0.15, 0.2) is 0 Å². The molecule has 0 spiro atoms. The molecule has 1 N–H and O–H groups in total. The molecule has 0 radical (unpaired) electrons. The lowest BCUT2D eigenvalue weighted by atomic mass is 10.1. The summed E-state index contributed by atoms with van der Waals surface area (Å²) in [6.45, 7) is 6.56. The van der Waals surface area contributed by atoms with Gasteiger partial charge in [0.15, 0.2) is 0 Å². The SMILES string of the molecule is CC1(C)CCC(CNCCCCCI)O1. The minimum Gasteiger partial charge on any atom is -0.371 e. The number of unbranched alkanes of at least 4 members (excludes halogenated alkanes) is 2. The van der Waals surface area contributed by atoms with Crippen LogP contribution in [0.1, 0.15) is 46.0 Å². The van der Waals surface area contributed by atoms with Gasteiger partial charge in [-0.3, -0.25) is 0 Å². The number of rotatable bonds is 7. The van der Waals surface area contributed by atoms with Gasteiger partial charge < -0.3 is 10.1 Å². The molecule has 1 saturated heterocycles. The molecule has 1 rings (SSSR count). The second kappa shape index (κ2) is 7.07. The smallest absolute Gasteiger partial charge is 0.0707 e. The lowest BCUT2D eigenvalue weighted by molar-refractivity contribution is -0.0141. The van der Waals surface area contributed by atoms with Crippen LogP contribution in [0.3, 0.4) is 0 Å². The van der Waals surface area contributed by atoms with E-state index in [2.05, 4.69) is 41.8 Å². The number of hydrogen-bond acceptors (Lipinski definition) is 2. The Morgan fingerprint density at radius 1 is 1.33 bits per heavy atom. The molecule has 0 aromatic carbocycles. The minimum atomic E-state index is 0.119. The summed E-state index contributed by atoms with van der Waals surface area (Å²) in [6, 6.07) is 0. The van der Waals surface area contributed by atoms with Crippen LogP contribution < -0.4 is 5.32 Å². The standard InChI is InChI=1S/C12H24INO/c1-12(2)7-6-11(15-12)10-14-9-5-3-4-8-13/h11,14H,3-10H2,1-2H3. The van der Waals surface area contributed by atoms with E-state index in [1.807, 2.05) is 0 Å². The molecule has 1 fully saturated rings. The molecule has 90 valence electrons. The number of nitrogens with one attached hydrogen (secondary N) is 1. The molecule has 0 aliphatic carbocycles. The lowest BCUT2D eigenvalue weighted by Crippen LogP contribution is -2.29. The summed E-state index contributed by atoms with van der Waals surface area (Å²) < 4.78 is 7.20. The van der Waals surface area contributed by atoms with Crippen LogP contribution in [0.5, 0.6) is 0 Å². The predicted octanol–water partition coefficient (Wildman–Crippen LogP) is 3.14. The normalized spacial score (nSPS) is 24.6. The molecule has 1 aliphatic rings. The highest BCUT2D eigenvalue weighted by Crippen LogP contribution is 2.28. The zero-order chi connectivity index (χ0) is 11.1. The first-order chi connectivity index (χ1) is 7.14. The van der Waals surface area contributed by atoms with E-state index in [1.54, 1.807) is 0 Å². The van der Waals surface area contributed by atoms with Crippen molar-refractivity contribution >= 4 is 22.6 Å². The van der Waals surface area contributed by atoms with E-state index in [4.69, 9.17) is 4.74 Å². The van der Waals surface area contributed by atoms with Crippen LogP contribution in [0.2, 0.25) is 0 Å². The Balaban J connectivity index is 1.93. The highest BCUT2D eigenvalue weighted by atomic mass is 127. The van der Waals surface area contributed by atoms with E-state index < -0.39 is 0 Å². The zero-order valence-corrected chi connectivity index (χ0v) is 12.2. The van der Waals surface area contributed by atoms with Crippen LogP contribution >= 0.6 is 22.6 Å². The van der Waals surface area contributed by atoms with Gasteiger partial charge in [0.25, 0.3) is 0 Å². The molecule has 1 unspecified atom stereocenters. The van der Waals surface area contributed by atoms with Gasteiger partial charge in [-0.25, -0.2) is 0 Å². The number of alkyl halides is 1. The van der Waals surface area contributed by atoms with Gasteiger partial charge in [0.05, 0.1) is 11.7 Å². The Morgan fingerprint density at radius 2 is 2.13 bits per heavy atom. The average Bonchev–Trinajstić information content (AvgIpc) is 2.52. The van der Waals surface area contributed by atoms with E-state index in [0.29, 0.717) is 6.10 Å². The second-order valence-electron chi connectivity index (χ2n) is 4.99. The van der Waals surface area contributed by atoms with Crippen molar-refractivity contribution in [3.63, 3.8) is 0 Å². The third-order valence-electron chi connectivity index (χ3n) is 2.91. The Labute approximate surface area is 108 Å². The molecule has 2 nitrogen and oxygen atoms in total. The Hall–Kier alpha value is 0.650. The van der Waals surface area contributed by atoms with Crippen molar-refractivity contribution in [3.05, 3.63) is 0 Å². The number of ether oxygens (including phenoxy) is 1. The highest BCUT2D eigenvalue weighted by Gasteiger charge is 2.30. The molecule has 0 aromatic heterocycles. The fourth-order valence-corrected chi connectivity index (χ4v) is 2.55. The molecule has 0 saturated carbocycles. The van der Waals surface area contributed by atoms with Crippen molar-refractivity contribution in [2.75, 3.05) is 17.5 Å². The quantitative estimate of drug-likeness (QED) is 0.441. The molecule has 15 heavy (non-hydrogen) atoms. The van der Waals surface area contributed by atoms with Gasteiger partial charge in [-0.2, -0.15) is 0 Å². The summed E-state index contributed by atoms with van der Waals surface area (Å²) in [4.78, 5) is 0. The first-order valence-corrected chi connectivity index (χ1v) is 7.61. The van der Waals surface area contributed by atoms with Crippen molar-refractivity contribution in [2.45, 2.75) is 57.7 Å². The summed E-state index contributed by atoms with van der Waals surface area (Å²) in [7, 11) is 0. The molecule has 1 atom stereocenters. The van der Waals surface area contributed by atoms with Gasteiger partial charge >= 0.3 is 0 Å². The van der Waals surface area contributed by atoms with Crippen molar-refractivity contribution in [2.24, 2.45) is 0 Å². The van der Waals surface area contributed by atoms with Crippen LogP contribution in [-0.4, -0.2) is 29.2 Å². The number of halogens is 1. The van der Waals surface area contributed by atoms with Gasteiger partial charge in [0.1, 0.15) is 0 Å². The molecule has 3 heteroatoms. The summed E-state index contributed by atoms with van der Waals surface area (Å²) in [5.41, 5.74) is 0.119. The molecule has 0 bridgehead atoms. The van der Waals surface area contributed by atoms with E-state index in [-0.39, 0.29) is 5.60 Å². The molecular weight excluding hydrogens is 301 g/mol. The van der Waals surface area contributed by atoms with Crippen molar-refractivity contribution < 1.29 is 4.74 Å². The molecule has 1 aliphatic heterocycles. The monoisotopic (exact) mass is 325 g/mol. The van der Waals surface area contributed by atoms with E-state index >= 15 is 0 Å². The topological polar surface area (TPSA) is 21.3 Å². The van der Waals surface area contributed by atoms with Gasteiger partial charge in [-0.05, 0) is 50.5 Å². The average molecular weight is 325 g/mol. The van der Waals surface area contributed by atoms with Gasteiger partial charge in [0, 0.05) is 6.54 Å². The largest absolute Gasteiger partial charge is 0.371 e. The fraction of sp³-hybridized carbons (Fsp3) is 1.00. The van der Waals surface area contributed by atoms with Gasteiger partial charge in [0.2, 0.25) is 0 Å². The van der Waals surface area contributed by atoms with Crippen molar-refractivity contribution in [1.82, 2.24) is 5.32 Å². The molecular formula is C12H24INO. The van der Waals surface area contributed by atoms with E-state index in [0.717, 1.165) is 13.1 Å². The van der Waals surface area contributed by atoms with E-state index in [9.17, 15) is 0 Å². The Morgan fingerprint density at radius 3 is 2.73 bits per heavy atom. The van der Waals surface area contributed by atoms with Crippen LogP contribution in [0.25, 0.3) is 0 Å². The third kappa shape index (κ3) is 6.07. The number of hydrogen-bond donors (Lipinski definition) is 1. The van der Waals surface area contributed by atoms with Gasteiger partial charge in [-0.15, -0.1) is 0 Å². The summed E-state index contributed by atoms with van der Waals surface area (Å²) in [6.07, 6.45) is 6.88. The fourth-order valence-electron chi connectivity index (χ4n) is 2.01. The first-order valence-electron chi connectivity index (χ1n) is 6.08. The zero-order valence-electron chi connectivity index (χ0n) is 10.0. The van der Waals surface area contributed by atoms with Crippen molar-refractivity contribution in [1.29, 1.82) is 0 Å². The Kier molecular flexibility index (Phi) is 6.46. The first kappa shape index (κ1) is 13.7. The van der Waals surface area contributed by atoms with E-state index in [1.165, 1.54) is 36.5 Å². The molecule has 0 aromatic rings. The summed E-state index contributed by atoms with van der Waals surface area (Å²) >= 11 is 2.44. The van der Waals surface area contributed by atoms with Crippen LogP contribution in [-0.2, 0) is 4.74 Å². The maximum Gasteiger partial charge on any atom is 0.0707 e. The second-order valence-corrected chi connectivity index (χ2v) is 6.07. The van der Waals surface area contributed by atoms with Crippen LogP contribution in [0.4, 0.5) is 0 Å². The molecule has 0 amide bonds. The highest BCUT2D eigenvalue weighted by molar-refractivity contribution is 14.1. The molecule has 1 heterocycles. The van der Waals surface area contributed by atoms with Crippen molar-refractivity contribution in [3.8, 4) is 0 Å². The van der Waals surface area contributed by atoms with Gasteiger partial charge in [-0.1, -0.05) is 29.0 Å². The Bertz CT molecular complexity index is 173. The summed E-state index contributed by atoms with van der Waals surface area (Å²) in [5, 5.41) is 3.50. The maximum atomic E-state index is 5.91. The maximum absolute atomic E-state index is 5.91. The minimum absolute atomic E-state index is 0.119. The predicted molar refractivity (Wildman–Crippen MR) is 73.8 cm³/mol. The lowest BCUT2D eigenvalue weighted by Gasteiger charge is -2.19. The third-order valence-corrected chi connectivity index (χ3v) is 3.68.